The summed E-state index contributed by atoms with van der Waals surface area (Å²) in [6, 6.07) is 5.25. The molecule has 1 fully saturated rings. The zero-order valence-electron chi connectivity index (χ0n) is 7.68. The average molecular weight is 180 g/mol. The van der Waals surface area contributed by atoms with Gasteiger partial charge in [0.15, 0.2) is 0 Å². The Kier molecular flexibility index (Phi) is 1.88. The molecule has 0 aliphatic heterocycles. The normalized spacial score (nSPS) is 18.7. The number of rotatable bonds is 2. The van der Waals surface area contributed by atoms with Gasteiger partial charge in [-0.25, -0.2) is 4.39 Å². The SMILES string of the molecule is Cc1ccc(C2(CO)CC2)cc1F. The second kappa shape index (κ2) is 2.81. The van der Waals surface area contributed by atoms with E-state index < -0.39 is 0 Å². The third kappa shape index (κ3) is 1.35. The van der Waals surface area contributed by atoms with Crippen LogP contribution in [-0.4, -0.2) is 11.7 Å². The van der Waals surface area contributed by atoms with Crippen LogP contribution in [0.15, 0.2) is 18.2 Å². The predicted octanol–water partition coefficient (Wildman–Crippen LogP) is 2.16. The number of aryl methyl sites for hydroxylation is 1. The molecule has 1 saturated carbocycles. The molecule has 0 radical (unpaired) electrons. The van der Waals surface area contributed by atoms with E-state index in [0.29, 0.717) is 5.56 Å². The molecule has 0 aromatic heterocycles. The summed E-state index contributed by atoms with van der Waals surface area (Å²) in [6.07, 6.45) is 1.96. The molecule has 1 aromatic rings. The molecule has 13 heavy (non-hydrogen) atoms. The molecule has 0 amide bonds. The fourth-order valence-corrected chi connectivity index (χ4v) is 1.61. The summed E-state index contributed by atoms with van der Waals surface area (Å²) in [5.41, 5.74) is 1.49. The van der Waals surface area contributed by atoms with Crippen LogP contribution in [0.25, 0.3) is 0 Å². The standard InChI is InChI=1S/C11H13FO/c1-8-2-3-9(6-10(8)12)11(7-13)4-5-11/h2-3,6,13H,4-5,7H2,1H3. The second-order valence-electron chi connectivity index (χ2n) is 3.90. The summed E-state index contributed by atoms with van der Waals surface area (Å²) in [4.78, 5) is 0. The molecule has 0 spiro atoms. The van der Waals surface area contributed by atoms with Gasteiger partial charge in [-0.1, -0.05) is 12.1 Å². The maximum absolute atomic E-state index is 13.2. The van der Waals surface area contributed by atoms with Gasteiger partial charge in [-0.3, -0.25) is 0 Å². The second-order valence-corrected chi connectivity index (χ2v) is 3.90. The van der Waals surface area contributed by atoms with E-state index in [1.807, 2.05) is 6.07 Å². The highest BCUT2D eigenvalue weighted by Gasteiger charge is 2.43. The summed E-state index contributed by atoms with van der Waals surface area (Å²) >= 11 is 0. The lowest BCUT2D eigenvalue weighted by atomic mass is 9.96. The molecule has 0 unspecified atom stereocenters. The van der Waals surface area contributed by atoms with Crippen molar-refractivity contribution in [3.05, 3.63) is 35.1 Å². The predicted molar refractivity (Wildman–Crippen MR) is 49.1 cm³/mol. The van der Waals surface area contributed by atoms with Crippen molar-refractivity contribution in [2.45, 2.75) is 25.2 Å². The van der Waals surface area contributed by atoms with Crippen LogP contribution in [-0.2, 0) is 5.41 Å². The minimum absolute atomic E-state index is 0.117. The third-order valence-electron chi connectivity index (χ3n) is 2.94. The van der Waals surface area contributed by atoms with Gasteiger partial charge in [0, 0.05) is 5.41 Å². The van der Waals surface area contributed by atoms with E-state index in [4.69, 9.17) is 5.11 Å². The van der Waals surface area contributed by atoms with Crippen molar-refractivity contribution in [3.8, 4) is 0 Å². The fourth-order valence-electron chi connectivity index (χ4n) is 1.61. The van der Waals surface area contributed by atoms with Gasteiger partial charge in [-0.15, -0.1) is 0 Å². The van der Waals surface area contributed by atoms with Crippen LogP contribution in [0, 0.1) is 12.7 Å². The van der Waals surface area contributed by atoms with Gasteiger partial charge in [0.1, 0.15) is 5.82 Å². The monoisotopic (exact) mass is 180 g/mol. The van der Waals surface area contributed by atoms with Crippen molar-refractivity contribution < 1.29 is 9.50 Å². The van der Waals surface area contributed by atoms with Crippen molar-refractivity contribution in [1.29, 1.82) is 0 Å². The summed E-state index contributed by atoms with van der Waals surface area (Å²) in [6.45, 7) is 1.88. The topological polar surface area (TPSA) is 20.2 Å². The Balaban J connectivity index is 2.37. The molecule has 70 valence electrons. The van der Waals surface area contributed by atoms with Crippen LogP contribution in [0.4, 0.5) is 4.39 Å². The minimum Gasteiger partial charge on any atom is -0.395 e. The van der Waals surface area contributed by atoms with E-state index in [1.165, 1.54) is 0 Å². The molecular formula is C11H13FO. The first kappa shape index (κ1) is 8.70. The first-order valence-electron chi connectivity index (χ1n) is 4.55. The van der Waals surface area contributed by atoms with E-state index in [9.17, 15) is 4.39 Å². The van der Waals surface area contributed by atoms with E-state index in [-0.39, 0.29) is 17.8 Å². The number of halogens is 1. The van der Waals surface area contributed by atoms with Crippen molar-refractivity contribution >= 4 is 0 Å². The summed E-state index contributed by atoms with van der Waals surface area (Å²) in [5.74, 6) is -0.169. The lowest BCUT2D eigenvalue weighted by molar-refractivity contribution is 0.255. The number of aliphatic hydroxyl groups is 1. The Labute approximate surface area is 77.2 Å². The van der Waals surface area contributed by atoms with Gasteiger partial charge in [-0.2, -0.15) is 0 Å². The third-order valence-corrected chi connectivity index (χ3v) is 2.94. The molecule has 0 bridgehead atoms. The zero-order chi connectivity index (χ0) is 9.47. The van der Waals surface area contributed by atoms with Crippen LogP contribution >= 0.6 is 0 Å². The maximum atomic E-state index is 13.2. The molecule has 1 aliphatic rings. The first-order valence-corrected chi connectivity index (χ1v) is 4.55. The van der Waals surface area contributed by atoms with Crippen LogP contribution in [0.2, 0.25) is 0 Å². The summed E-state index contributed by atoms with van der Waals surface area (Å²) in [5, 5.41) is 9.15. The highest BCUT2D eigenvalue weighted by molar-refractivity contribution is 5.34. The van der Waals surface area contributed by atoms with Crippen LogP contribution in [0.5, 0.6) is 0 Å². The van der Waals surface area contributed by atoms with E-state index in [0.717, 1.165) is 18.4 Å². The molecule has 1 aliphatic carbocycles. The van der Waals surface area contributed by atoms with Crippen LogP contribution in [0.3, 0.4) is 0 Å². The molecule has 0 heterocycles. The van der Waals surface area contributed by atoms with Gasteiger partial charge < -0.3 is 5.11 Å². The van der Waals surface area contributed by atoms with Crippen molar-refractivity contribution in [1.82, 2.24) is 0 Å². The Morgan fingerprint density at radius 3 is 2.62 bits per heavy atom. The Hall–Kier alpha value is -0.890. The molecule has 0 atom stereocenters. The van der Waals surface area contributed by atoms with Gasteiger partial charge in [0.05, 0.1) is 6.61 Å². The molecule has 2 rings (SSSR count). The zero-order valence-corrected chi connectivity index (χ0v) is 7.68. The van der Waals surface area contributed by atoms with E-state index in [2.05, 4.69) is 0 Å². The van der Waals surface area contributed by atoms with Crippen molar-refractivity contribution in [3.63, 3.8) is 0 Å². The Bertz CT molecular complexity index is 329. The molecule has 2 heteroatoms. The first-order chi connectivity index (χ1) is 6.18. The number of benzene rings is 1. The van der Waals surface area contributed by atoms with Gasteiger partial charge in [0.2, 0.25) is 0 Å². The minimum atomic E-state index is -0.169. The summed E-state index contributed by atoms with van der Waals surface area (Å²) in [7, 11) is 0. The highest BCUT2D eigenvalue weighted by atomic mass is 19.1. The van der Waals surface area contributed by atoms with Gasteiger partial charge in [-0.05, 0) is 37.0 Å². The van der Waals surface area contributed by atoms with Gasteiger partial charge in [0.25, 0.3) is 0 Å². The lowest BCUT2D eigenvalue weighted by Crippen LogP contribution is -2.12. The van der Waals surface area contributed by atoms with Crippen molar-refractivity contribution in [2.24, 2.45) is 0 Å². The molecular weight excluding hydrogens is 167 g/mol. The molecule has 1 aromatic carbocycles. The highest BCUT2D eigenvalue weighted by Crippen LogP contribution is 2.47. The van der Waals surface area contributed by atoms with Crippen LogP contribution in [0.1, 0.15) is 24.0 Å². The lowest BCUT2D eigenvalue weighted by Gasteiger charge is -2.12. The number of hydrogen-bond acceptors (Lipinski definition) is 1. The van der Waals surface area contributed by atoms with Crippen LogP contribution < -0.4 is 0 Å². The number of aliphatic hydroxyl groups excluding tert-OH is 1. The molecule has 0 saturated heterocycles. The largest absolute Gasteiger partial charge is 0.395 e. The quantitative estimate of drug-likeness (QED) is 0.739. The van der Waals surface area contributed by atoms with E-state index in [1.54, 1.807) is 19.1 Å². The maximum Gasteiger partial charge on any atom is 0.126 e. The average Bonchev–Trinajstić information content (AvgIpc) is 2.90. The Morgan fingerprint density at radius 2 is 2.15 bits per heavy atom. The summed E-state index contributed by atoms with van der Waals surface area (Å²) < 4.78 is 13.2. The van der Waals surface area contributed by atoms with Crippen molar-refractivity contribution in [2.75, 3.05) is 6.61 Å². The molecule has 1 N–H and O–H groups in total. The molecule has 1 nitrogen and oxygen atoms in total. The smallest absolute Gasteiger partial charge is 0.126 e. The number of hydrogen-bond donors (Lipinski definition) is 1. The Morgan fingerprint density at radius 1 is 1.46 bits per heavy atom. The fraction of sp³-hybridized carbons (Fsp3) is 0.455. The van der Waals surface area contributed by atoms with E-state index >= 15 is 0 Å². The van der Waals surface area contributed by atoms with Gasteiger partial charge >= 0.3 is 0 Å².